The van der Waals surface area contributed by atoms with Crippen LogP contribution < -0.4 is 0 Å². The van der Waals surface area contributed by atoms with Gasteiger partial charge in [-0.25, -0.2) is 8.42 Å². The van der Waals surface area contributed by atoms with Crippen LogP contribution in [0, 0.1) is 6.92 Å². The molecule has 4 nitrogen and oxygen atoms in total. The molecule has 0 aliphatic rings. The van der Waals surface area contributed by atoms with Gasteiger partial charge in [0, 0.05) is 0 Å². The van der Waals surface area contributed by atoms with Gasteiger partial charge in [0.15, 0.2) is 9.84 Å². The number of rotatable bonds is 6. The molecular weight excluding hydrogens is 264 g/mol. The van der Waals surface area contributed by atoms with Crippen LogP contribution in [0.2, 0.25) is 0 Å². The number of hydrogen-bond donors (Lipinski definition) is 2. The van der Waals surface area contributed by atoms with Crippen LogP contribution in [0.3, 0.4) is 0 Å². The molecule has 0 bridgehead atoms. The average Bonchev–Trinajstić information content (AvgIpc) is 2.38. The lowest BCUT2D eigenvalue weighted by molar-refractivity contribution is 0.167. The zero-order chi connectivity index (χ0) is 14.6. The minimum absolute atomic E-state index is 0.106. The maximum atomic E-state index is 12.5. The van der Waals surface area contributed by atoms with Crippen LogP contribution in [0.25, 0.3) is 0 Å². The first-order valence-corrected chi connectivity index (χ1v) is 7.66. The Bertz CT molecular complexity index is 531. The topological polar surface area (TPSA) is 74.6 Å². The van der Waals surface area contributed by atoms with Crippen LogP contribution >= 0.6 is 0 Å². The number of sulfone groups is 1. The molecule has 0 fully saturated rings. The Morgan fingerprint density at radius 3 is 2.26 bits per heavy atom. The number of benzene rings is 1. The Morgan fingerprint density at radius 2 is 1.84 bits per heavy atom. The third-order valence-corrected chi connectivity index (χ3v) is 5.30. The van der Waals surface area contributed by atoms with Gasteiger partial charge in [-0.1, -0.05) is 31.2 Å². The molecule has 0 aliphatic carbocycles. The van der Waals surface area contributed by atoms with Crippen molar-refractivity contribution in [1.82, 2.24) is 0 Å². The van der Waals surface area contributed by atoms with Gasteiger partial charge in [0.1, 0.15) is 5.25 Å². The zero-order valence-electron chi connectivity index (χ0n) is 11.2. The van der Waals surface area contributed by atoms with Gasteiger partial charge < -0.3 is 10.2 Å². The van der Waals surface area contributed by atoms with Gasteiger partial charge >= 0.3 is 0 Å². The molecule has 0 aromatic heterocycles. The van der Waals surface area contributed by atoms with E-state index in [2.05, 4.69) is 6.58 Å². The van der Waals surface area contributed by atoms with Gasteiger partial charge in [-0.15, -0.1) is 0 Å². The monoisotopic (exact) mass is 284 g/mol. The lowest BCUT2D eigenvalue weighted by Crippen LogP contribution is -2.36. The summed E-state index contributed by atoms with van der Waals surface area (Å²) in [5.74, 6) is 0. The van der Waals surface area contributed by atoms with Crippen molar-refractivity contribution in [2.75, 3.05) is 6.61 Å². The van der Waals surface area contributed by atoms with Gasteiger partial charge in [-0.2, -0.15) is 0 Å². The number of aliphatic hydroxyl groups excluding tert-OH is 2. The van der Waals surface area contributed by atoms with Crippen LogP contribution in [0.5, 0.6) is 0 Å². The molecule has 5 heteroatoms. The van der Waals surface area contributed by atoms with E-state index in [9.17, 15) is 13.5 Å². The van der Waals surface area contributed by atoms with E-state index in [1.54, 1.807) is 19.1 Å². The van der Waals surface area contributed by atoms with Crippen molar-refractivity contribution in [2.24, 2.45) is 0 Å². The fourth-order valence-electron chi connectivity index (χ4n) is 1.88. The van der Waals surface area contributed by atoms with E-state index in [4.69, 9.17) is 5.11 Å². The summed E-state index contributed by atoms with van der Waals surface area (Å²) < 4.78 is 25.0. The quantitative estimate of drug-likeness (QED) is 0.776. The fourth-order valence-corrected chi connectivity index (χ4v) is 3.80. The standard InChI is InChI=1S/C14H20O4S/c1-4-13(16)14(11(3)9-15)19(17,18)12-7-5-10(2)6-8-12/h5-8,13-16H,3-4,9H2,1-2H3/t13-,14-/m0/s1. The molecule has 0 radical (unpaired) electrons. The zero-order valence-corrected chi connectivity index (χ0v) is 12.0. The SMILES string of the molecule is C=C(CO)[C@@H]([C@@H](O)CC)S(=O)(=O)c1ccc(C)cc1. The number of aliphatic hydroxyl groups is 2. The van der Waals surface area contributed by atoms with E-state index in [1.807, 2.05) is 6.92 Å². The third-order valence-electron chi connectivity index (χ3n) is 3.06. The van der Waals surface area contributed by atoms with Crippen LogP contribution in [0.15, 0.2) is 41.3 Å². The van der Waals surface area contributed by atoms with Crippen molar-refractivity contribution < 1.29 is 18.6 Å². The lowest BCUT2D eigenvalue weighted by atomic mass is 10.1. The molecule has 2 atom stereocenters. The van der Waals surface area contributed by atoms with E-state index in [-0.39, 0.29) is 16.9 Å². The predicted octanol–water partition coefficient (Wildman–Crippen LogP) is 1.46. The highest BCUT2D eigenvalue weighted by atomic mass is 32.2. The minimum Gasteiger partial charge on any atom is -0.392 e. The Hall–Kier alpha value is -1.17. The molecule has 2 N–H and O–H groups in total. The summed E-state index contributed by atoms with van der Waals surface area (Å²) in [6, 6.07) is 6.41. The number of aryl methyl sites for hydroxylation is 1. The molecule has 0 spiro atoms. The maximum Gasteiger partial charge on any atom is 0.187 e. The summed E-state index contributed by atoms with van der Waals surface area (Å²) in [6.07, 6.45) is -0.805. The predicted molar refractivity (Wildman–Crippen MR) is 74.7 cm³/mol. The summed E-state index contributed by atoms with van der Waals surface area (Å²) >= 11 is 0. The molecule has 1 aromatic rings. The summed E-state index contributed by atoms with van der Waals surface area (Å²) in [7, 11) is -3.75. The Balaban J connectivity index is 3.27. The second kappa shape index (κ2) is 6.32. The molecule has 0 unspecified atom stereocenters. The van der Waals surface area contributed by atoms with Crippen molar-refractivity contribution in [3.8, 4) is 0 Å². The van der Waals surface area contributed by atoms with Gasteiger partial charge in [0.2, 0.25) is 0 Å². The molecule has 0 aliphatic heterocycles. The summed E-state index contributed by atoms with van der Waals surface area (Å²) in [6.45, 7) is 6.65. The van der Waals surface area contributed by atoms with Gasteiger partial charge in [-0.05, 0) is 31.1 Å². The van der Waals surface area contributed by atoms with E-state index in [0.717, 1.165) is 5.56 Å². The van der Waals surface area contributed by atoms with E-state index in [1.165, 1.54) is 12.1 Å². The van der Waals surface area contributed by atoms with E-state index in [0.29, 0.717) is 0 Å². The lowest BCUT2D eigenvalue weighted by Gasteiger charge is -2.23. The van der Waals surface area contributed by atoms with Gasteiger partial charge in [0.25, 0.3) is 0 Å². The van der Waals surface area contributed by atoms with Crippen LogP contribution in [0.4, 0.5) is 0 Å². The van der Waals surface area contributed by atoms with Crippen LogP contribution in [-0.2, 0) is 9.84 Å². The highest BCUT2D eigenvalue weighted by Gasteiger charge is 2.34. The maximum absolute atomic E-state index is 12.5. The minimum atomic E-state index is -3.75. The second-order valence-electron chi connectivity index (χ2n) is 4.57. The molecule has 0 heterocycles. The number of hydrogen-bond acceptors (Lipinski definition) is 4. The van der Waals surface area contributed by atoms with E-state index < -0.39 is 27.8 Å². The normalized spacial score (nSPS) is 14.9. The molecule has 1 rings (SSSR count). The second-order valence-corrected chi connectivity index (χ2v) is 6.64. The van der Waals surface area contributed by atoms with E-state index >= 15 is 0 Å². The highest BCUT2D eigenvalue weighted by molar-refractivity contribution is 7.92. The summed E-state index contributed by atoms with van der Waals surface area (Å²) in [4.78, 5) is 0.130. The summed E-state index contributed by atoms with van der Waals surface area (Å²) in [5.41, 5.74) is 1.06. The van der Waals surface area contributed by atoms with Crippen molar-refractivity contribution >= 4 is 9.84 Å². The smallest absolute Gasteiger partial charge is 0.187 e. The Morgan fingerprint density at radius 1 is 1.32 bits per heavy atom. The molecular formula is C14H20O4S. The van der Waals surface area contributed by atoms with Crippen molar-refractivity contribution in [3.63, 3.8) is 0 Å². The third kappa shape index (κ3) is 3.43. The van der Waals surface area contributed by atoms with Crippen molar-refractivity contribution in [2.45, 2.75) is 36.5 Å². The first kappa shape index (κ1) is 15.9. The van der Waals surface area contributed by atoms with Gasteiger partial charge in [-0.3, -0.25) is 0 Å². The first-order chi connectivity index (χ1) is 8.84. The molecule has 0 amide bonds. The van der Waals surface area contributed by atoms with Crippen LogP contribution in [-0.4, -0.2) is 36.6 Å². The average molecular weight is 284 g/mol. The molecule has 19 heavy (non-hydrogen) atoms. The first-order valence-electron chi connectivity index (χ1n) is 6.11. The Kier molecular flexibility index (Phi) is 5.29. The molecule has 1 aromatic carbocycles. The van der Waals surface area contributed by atoms with Crippen LogP contribution in [0.1, 0.15) is 18.9 Å². The molecule has 106 valence electrons. The highest BCUT2D eigenvalue weighted by Crippen LogP contribution is 2.25. The van der Waals surface area contributed by atoms with Crippen molar-refractivity contribution in [3.05, 3.63) is 42.0 Å². The Labute approximate surface area is 114 Å². The summed E-state index contributed by atoms with van der Waals surface area (Å²) in [5, 5.41) is 17.9. The fraction of sp³-hybridized carbons (Fsp3) is 0.429. The molecule has 0 saturated carbocycles. The van der Waals surface area contributed by atoms with Gasteiger partial charge in [0.05, 0.1) is 17.6 Å². The molecule has 0 saturated heterocycles. The largest absolute Gasteiger partial charge is 0.392 e. The van der Waals surface area contributed by atoms with Crippen molar-refractivity contribution in [1.29, 1.82) is 0 Å².